The van der Waals surface area contributed by atoms with Crippen LogP contribution >= 0.6 is 0 Å². The summed E-state index contributed by atoms with van der Waals surface area (Å²) in [7, 11) is 0. The van der Waals surface area contributed by atoms with E-state index < -0.39 is 33.8 Å². The molecule has 0 fully saturated rings. The van der Waals surface area contributed by atoms with Gasteiger partial charge in [0.15, 0.2) is 11.5 Å². The molecule has 7 nitrogen and oxygen atoms in total. The summed E-state index contributed by atoms with van der Waals surface area (Å²) in [6.07, 6.45) is -0.491. The Balaban J connectivity index is 1.93. The normalized spacial score (nSPS) is 13.6. The van der Waals surface area contributed by atoms with Gasteiger partial charge in [-0.3, -0.25) is 15.4 Å². The Kier molecular flexibility index (Phi) is 5.41. The van der Waals surface area contributed by atoms with Crippen LogP contribution in [0.4, 0.5) is 30.6 Å². The van der Waals surface area contributed by atoms with Crippen LogP contribution < -0.4 is 10.2 Å². The van der Waals surface area contributed by atoms with E-state index >= 15 is 4.39 Å². The number of benzene rings is 2. The van der Waals surface area contributed by atoms with Crippen molar-refractivity contribution in [2.45, 2.75) is 39.3 Å². The third kappa shape index (κ3) is 4.61. The molecule has 2 aromatic rings. The number of nitrogens with zero attached hydrogens (tertiary/aromatic N) is 2. The molecule has 0 aromatic heterocycles. The molecule has 29 heavy (non-hydrogen) atoms. The zero-order valence-electron chi connectivity index (χ0n) is 16.3. The smallest absolute Gasteiger partial charge is 0.412 e. The molecule has 2 aromatic carbocycles. The average molecular weight is 405 g/mol. The maximum atomic E-state index is 15.2. The number of rotatable bonds is 3. The first-order valence-corrected chi connectivity index (χ1v) is 9.04. The van der Waals surface area contributed by atoms with Crippen LogP contribution in [0.1, 0.15) is 31.9 Å². The molecule has 1 heterocycles. The Morgan fingerprint density at radius 2 is 1.93 bits per heavy atom. The standard InChI is InChI=1S/C20H21F2N3O4/c1-20(2,3)29-19(26)23-18-16(25(27)28)7-6-15(17(18)22)24-9-8-12-10-14(21)5-4-13(12)11-24/h4-7,10H,8-9,11H2,1-3H3,(H,23,26). The van der Waals surface area contributed by atoms with Crippen molar-refractivity contribution in [3.05, 3.63) is 63.2 Å². The van der Waals surface area contributed by atoms with Crippen LogP contribution in [0.2, 0.25) is 0 Å². The maximum Gasteiger partial charge on any atom is 0.412 e. The van der Waals surface area contributed by atoms with E-state index in [2.05, 4.69) is 5.32 Å². The minimum atomic E-state index is -0.990. The van der Waals surface area contributed by atoms with E-state index in [4.69, 9.17) is 4.74 Å². The van der Waals surface area contributed by atoms with Crippen molar-refractivity contribution in [1.82, 2.24) is 0 Å². The van der Waals surface area contributed by atoms with Crippen molar-refractivity contribution in [1.29, 1.82) is 0 Å². The monoisotopic (exact) mass is 405 g/mol. The van der Waals surface area contributed by atoms with E-state index in [1.54, 1.807) is 31.7 Å². The van der Waals surface area contributed by atoms with Gasteiger partial charge in [-0.2, -0.15) is 0 Å². The number of carbonyl (C=O) groups is 1. The molecule has 0 radical (unpaired) electrons. The molecule has 3 rings (SSSR count). The van der Waals surface area contributed by atoms with Crippen molar-refractivity contribution < 1.29 is 23.2 Å². The number of hydrogen-bond donors (Lipinski definition) is 1. The molecule has 1 aliphatic heterocycles. The van der Waals surface area contributed by atoms with Crippen LogP contribution in [-0.4, -0.2) is 23.2 Å². The molecule has 0 saturated heterocycles. The van der Waals surface area contributed by atoms with Gasteiger partial charge in [0.2, 0.25) is 0 Å². The van der Waals surface area contributed by atoms with Crippen molar-refractivity contribution >= 4 is 23.2 Å². The molecule has 1 amide bonds. The minimum Gasteiger partial charge on any atom is -0.444 e. The van der Waals surface area contributed by atoms with Gasteiger partial charge in [0, 0.05) is 19.2 Å². The summed E-state index contributed by atoms with van der Waals surface area (Å²) in [4.78, 5) is 24.3. The van der Waals surface area contributed by atoms with Gasteiger partial charge in [0.25, 0.3) is 5.69 Å². The molecule has 154 valence electrons. The molecule has 0 spiro atoms. The summed E-state index contributed by atoms with van der Waals surface area (Å²) >= 11 is 0. The predicted octanol–water partition coefficient (Wildman–Crippen LogP) is 4.78. The summed E-state index contributed by atoms with van der Waals surface area (Å²) in [5.41, 5.74) is -0.175. The number of fused-ring (bicyclic) bond motifs is 1. The van der Waals surface area contributed by atoms with Crippen LogP contribution in [0.3, 0.4) is 0 Å². The van der Waals surface area contributed by atoms with E-state index in [9.17, 15) is 19.3 Å². The summed E-state index contributed by atoms with van der Waals surface area (Å²) in [5, 5.41) is 13.5. The first kappa shape index (κ1) is 20.5. The van der Waals surface area contributed by atoms with Gasteiger partial charge in [-0.05, 0) is 56.5 Å². The third-order valence-corrected chi connectivity index (χ3v) is 4.44. The second-order valence-corrected chi connectivity index (χ2v) is 7.76. The number of anilines is 2. The quantitative estimate of drug-likeness (QED) is 0.587. The largest absolute Gasteiger partial charge is 0.444 e. The highest BCUT2D eigenvalue weighted by atomic mass is 19.1. The number of halogens is 2. The van der Waals surface area contributed by atoms with Gasteiger partial charge in [-0.1, -0.05) is 6.07 Å². The Labute approximate surface area is 166 Å². The van der Waals surface area contributed by atoms with Crippen LogP contribution in [0, 0.1) is 21.7 Å². The summed E-state index contributed by atoms with van der Waals surface area (Å²) in [5.74, 6) is -1.25. The fourth-order valence-electron chi connectivity index (χ4n) is 3.20. The second kappa shape index (κ2) is 7.65. The number of hydrogen-bond acceptors (Lipinski definition) is 5. The van der Waals surface area contributed by atoms with Crippen LogP contribution in [0.5, 0.6) is 0 Å². The van der Waals surface area contributed by atoms with Gasteiger partial charge in [0.1, 0.15) is 11.4 Å². The molecule has 0 aliphatic carbocycles. The Hall–Kier alpha value is -3.23. The van der Waals surface area contributed by atoms with Crippen LogP contribution in [-0.2, 0) is 17.7 Å². The van der Waals surface area contributed by atoms with Crippen LogP contribution in [0.15, 0.2) is 30.3 Å². The summed E-state index contributed by atoms with van der Waals surface area (Å²) in [6, 6.07) is 6.88. The first-order valence-electron chi connectivity index (χ1n) is 9.04. The van der Waals surface area contributed by atoms with E-state index in [1.165, 1.54) is 18.2 Å². The van der Waals surface area contributed by atoms with Gasteiger partial charge >= 0.3 is 6.09 Å². The van der Waals surface area contributed by atoms with Gasteiger partial charge in [-0.25, -0.2) is 13.6 Å². The Bertz CT molecular complexity index is 973. The lowest BCUT2D eigenvalue weighted by atomic mass is 9.99. The minimum absolute atomic E-state index is 0.108. The number of amides is 1. The van der Waals surface area contributed by atoms with E-state index in [-0.39, 0.29) is 11.5 Å². The summed E-state index contributed by atoms with van der Waals surface area (Å²) in [6.45, 7) is 5.60. The Morgan fingerprint density at radius 3 is 2.59 bits per heavy atom. The fraction of sp³-hybridized carbons (Fsp3) is 0.350. The molecule has 0 saturated carbocycles. The molecular formula is C20H21F2N3O4. The highest BCUT2D eigenvalue weighted by Gasteiger charge is 2.28. The molecule has 0 atom stereocenters. The molecule has 1 N–H and O–H groups in total. The lowest BCUT2D eigenvalue weighted by Crippen LogP contribution is -2.32. The summed E-state index contributed by atoms with van der Waals surface area (Å²) < 4.78 is 33.7. The van der Waals surface area contributed by atoms with Crippen molar-refractivity contribution in [2.24, 2.45) is 0 Å². The lowest BCUT2D eigenvalue weighted by molar-refractivity contribution is -0.384. The molecular weight excluding hydrogens is 384 g/mol. The first-order chi connectivity index (χ1) is 13.5. The number of carbonyl (C=O) groups excluding carboxylic acids is 1. The van der Waals surface area contributed by atoms with Crippen LogP contribution in [0.25, 0.3) is 0 Å². The van der Waals surface area contributed by atoms with Gasteiger partial charge in [-0.15, -0.1) is 0 Å². The highest BCUT2D eigenvalue weighted by Crippen LogP contribution is 2.36. The third-order valence-electron chi connectivity index (χ3n) is 4.44. The SMILES string of the molecule is CC(C)(C)OC(=O)Nc1c([N+](=O)[O-])ccc(N2CCc3cc(F)ccc3C2)c1F. The maximum absolute atomic E-state index is 15.2. The molecule has 9 heteroatoms. The number of nitro benzene ring substituents is 1. The number of nitro groups is 1. The number of ether oxygens (including phenoxy) is 1. The predicted molar refractivity (Wildman–Crippen MR) is 104 cm³/mol. The van der Waals surface area contributed by atoms with Crippen molar-refractivity contribution in [3.8, 4) is 0 Å². The van der Waals surface area contributed by atoms with E-state index in [0.29, 0.717) is 19.5 Å². The Morgan fingerprint density at radius 1 is 1.21 bits per heavy atom. The second-order valence-electron chi connectivity index (χ2n) is 7.76. The average Bonchev–Trinajstić information content (AvgIpc) is 2.61. The zero-order valence-corrected chi connectivity index (χ0v) is 16.3. The van der Waals surface area contributed by atoms with Crippen molar-refractivity contribution in [2.75, 3.05) is 16.8 Å². The number of nitrogens with one attached hydrogen (secondary N) is 1. The molecule has 0 unspecified atom stereocenters. The van der Waals surface area contributed by atoms with E-state index in [0.717, 1.165) is 17.2 Å². The topological polar surface area (TPSA) is 84.7 Å². The molecule has 0 bridgehead atoms. The fourth-order valence-corrected chi connectivity index (χ4v) is 3.20. The zero-order chi connectivity index (χ0) is 21.3. The van der Waals surface area contributed by atoms with Gasteiger partial charge in [0.05, 0.1) is 10.6 Å². The highest BCUT2D eigenvalue weighted by molar-refractivity contribution is 5.89. The lowest BCUT2D eigenvalue weighted by Gasteiger charge is -2.31. The van der Waals surface area contributed by atoms with E-state index in [1.807, 2.05) is 0 Å². The van der Waals surface area contributed by atoms with Gasteiger partial charge < -0.3 is 9.64 Å². The van der Waals surface area contributed by atoms with Crippen molar-refractivity contribution in [3.63, 3.8) is 0 Å². The molecule has 1 aliphatic rings.